The van der Waals surface area contributed by atoms with Gasteiger partial charge in [-0.3, -0.25) is 4.79 Å². The maximum atomic E-state index is 11.7. The van der Waals surface area contributed by atoms with Crippen molar-refractivity contribution in [2.24, 2.45) is 10.9 Å². The molecule has 27 heavy (non-hydrogen) atoms. The van der Waals surface area contributed by atoms with Crippen molar-refractivity contribution in [1.29, 1.82) is 0 Å². The van der Waals surface area contributed by atoms with Crippen molar-refractivity contribution in [3.05, 3.63) is 51.7 Å². The molecule has 0 aliphatic carbocycles. The summed E-state index contributed by atoms with van der Waals surface area (Å²) in [6.45, 7) is 10.2. The Hall–Kier alpha value is -2.34. The molecule has 0 saturated carbocycles. The molecule has 0 aliphatic rings. The SMILES string of the molecule is CCNC(=NCc1ccc(NC(=O)C(C)C)cc1)NCc1ccc(CC)s1. The molecule has 0 radical (unpaired) electrons. The molecule has 2 aromatic rings. The molecule has 1 amide bonds. The highest BCUT2D eigenvalue weighted by Crippen LogP contribution is 2.16. The monoisotopic (exact) mass is 386 g/mol. The van der Waals surface area contributed by atoms with Gasteiger partial charge in [-0.25, -0.2) is 4.99 Å². The number of rotatable bonds is 8. The van der Waals surface area contributed by atoms with Crippen LogP contribution in [0.1, 0.15) is 43.0 Å². The van der Waals surface area contributed by atoms with Gasteiger partial charge in [-0.15, -0.1) is 11.3 Å². The Morgan fingerprint density at radius 3 is 2.33 bits per heavy atom. The molecule has 3 N–H and O–H groups in total. The van der Waals surface area contributed by atoms with Crippen LogP contribution in [0.15, 0.2) is 41.4 Å². The first-order valence-corrected chi connectivity index (χ1v) is 10.3. The summed E-state index contributed by atoms with van der Waals surface area (Å²) < 4.78 is 0. The minimum absolute atomic E-state index is 0.0270. The molecule has 1 heterocycles. The highest BCUT2D eigenvalue weighted by Gasteiger charge is 2.07. The molecule has 1 aromatic heterocycles. The van der Waals surface area contributed by atoms with Crippen LogP contribution < -0.4 is 16.0 Å². The third-order valence-corrected chi connectivity index (χ3v) is 5.24. The first-order chi connectivity index (χ1) is 13.0. The molecular weight excluding hydrogens is 356 g/mol. The Kier molecular flexibility index (Phi) is 8.33. The van der Waals surface area contributed by atoms with Gasteiger partial charge in [0.15, 0.2) is 5.96 Å². The number of amides is 1. The molecule has 1 aromatic carbocycles. The van der Waals surface area contributed by atoms with Crippen LogP contribution in [0.3, 0.4) is 0 Å². The molecule has 146 valence electrons. The third kappa shape index (κ3) is 7.06. The summed E-state index contributed by atoms with van der Waals surface area (Å²) in [5.41, 5.74) is 1.91. The van der Waals surface area contributed by atoms with Crippen molar-refractivity contribution in [2.45, 2.75) is 47.2 Å². The van der Waals surface area contributed by atoms with Crippen LogP contribution in [0.25, 0.3) is 0 Å². The lowest BCUT2D eigenvalue weighted by Gasteiger charge is -2.11. The Bertz CT molecular complexity index is 750. The zero-order valence-corrected chi connectivity index (χ0v) is 17.5. The summed E-state index contributed by atoms with van der Waals surface area (Å²) in [5, 5.41) is 9.57. The standard InChI is InChI=1S/C21H30N4OS/c1-5-18-11-12-19(27-18)14-24-21(22-6-2)23-13-16-7-9-17(10-8-16)25-20(26)15(3)4/h7-12,15H,5-6,13-14H2,1-4H3,(H,25,26)(H2,22,23,24). The number of hydrogen-bond acceptors (Lipinski definition) is 3. The zero-order chi connectivity index (χ0) is 19.6. The zero-order valence-electron chi connectivity index (χ0n) is 16.6. The van der Waals surface area contributed by atoms with Crippen LogP contribution >= 0.6 is 11.3 Å². The minimum Gasteiger partial charge on any atom is -0.357 e. The van der Waals surface area contributed by atoms with Gasteiger partial charge in [-0.05, 0) is 43.2 Å². The molecule has 0 aliphatic heterocycles. The van der Waals surface area contributed by atoms with E-state index in [1.807, 2.05) is 49.4 Å². The van der Waals surface area contributed by atoms with E-state index in [0.717, 1.165) is 36.7 Å². The Balaban J connectivity index is 1.92. The summed E-state index contributed by atoms with van der Waals surface area (Å²) in [6.07, 6.45) is 1.08. The summed E-state index contributed by atoms with van der Waals surface area (Å²) in [7, 11) is 0. The van der Waals surface area contributed by atoms with Gasteiger partial charge in [0.2, 0.25) is 5.91 Å². The average Bonchev–Trinajstić information content (AvgIpc) is 3.13. The largest absolute Gasteiger partial charge is 0.357 e. The van der Waals surface area contributed by atoms with Crippen LogP contribution in [0.4, 0.5) is 5.69 Å². The fraction of sp³-hybridized carbons (Fsp3) is 0.429. The van der Waals surface area contributed by atoms with Crippen molar-refractivity contribution in [1.82, 2.24) is 10.6 Å². The molecule has 5 nitrogen and oxygen atoms in total. The number of guanidine groups is 1. The van der Waals surface area contributed by atoms with Crippen molar-refractivity contribution in [3.8, 4) is 0 Å². The lowest BCUT2D eigenvalue weighted by molar-refractivity contribution is -0.118. The number of carbonyl (C=O) groups excluding carboxylic acids is 1. The van der Waals surface area contributed by atoms with Crippen LogP contribution in [0.2, 0.25) is 0 Å². The second-order valence-electron chi connectivity index (χ2n) is 6.61. The number of aliphatic imine (C=N–C) groups is 1. The number of nitrogens with one attached hydrogen (secondary N) is 3. The summed E-state index contributed by atoms with van der Waals surface area (Å²) in [6, 6.07) is 12.2. The molecule has 6 heteroatoms. The average molecular weight is 387 g/mol. The maximum absolute atomic E-state index is 11.7. The van der Waals surface area contributed by atoms with Gasteiger partial charge in [0.05, 0.1) is 13.1 Å². The maximum Gasteiger partial charge on any atom is 0.226 e. The number of nitrogens with zero attached hydrogens (tertiary/aromatic N) is 1. The number of benzene rings is 1. The fourth-order valence-electron chi connectivity index (χ4n) is 2.37. The van der Waals surface area contributed by atoms with Gasteiger partial charge in [0.1, 0.15) is 0 Å². The highest BCUT2D eigenvalue weighted by atomic mass is 32.1. The molecule has 0 bridgehead atoms. The Labute approximate surface area is 166 Å². The molecule has 2 rings (SSSR count). The number of carbonyl (C=O) groups is 1. The van der Waals surface area contributed by atoms with Gasteiger partial charge in [-0.2, -0.15) is 0 Å². The van der Waals surface area contributed by atoms with E-state index in [-0.39, 0.29) is 11.8 Å². The first-order valence-electron chi connectivity index (χ1n) is 9.51. The van der Waals surface area contributed by atoms with E-state index in [2.05, 4.69) is 46.9 Å². The Morgan fingerprint density at radius 1 is 1.04 bits per heavy atom. The van der Waals surface area contributed by atoms with Crippen LogP contribution in [0.5, 0.6) is 0 Å². The normalized spacial score (nSPS) is 11.5. The Morgan fingerprint density at radius 2 is 1.74 bits per heavy atom. The van der Waals surface area contributed by atoms with Crippen molar-refractivity contribution in [2.75, 3.05) is 11.9 Å². The fourth-order valence-corrected chi connectivity index (χ4v) is 3.27. The number of thiophene rings is 1. The highest BCUT2D eigenvalue weighted by molar-refractivity contribution is 7.11. The van der Waals surface area contributed by atoms with Gasteiger partial charge in [0.25, 0.3) is 0 Å². The van der Waals surface area contributed by atoms with E-state index < -0.39 is 0 Å². The van der Waals surface area contributed by atoms with Gasteiger partial charge in [0, 0.05) is 27.9 Å². The number of aryl methyl sites for hydroxylation is 1. The van der Waals surface area contributed by atoms with Gasteiger partial charge in [-0.1, -0.05) is 32.9 Å². The van der Waals surface area contributed by atoms with Gasteiger partial charge >= 0.3 is 0 Å². The van der Waals surface area contributed by atoms with E-state index in [0.29, 0.717) is 6.54 Å². The van der Waals surface area contributed by atoms with Crippen LogP contribution in [0, 0.1) is 5.92 Å². The van der Waals surface area contributed by atoms with E-state index in [4.69, 9.17) is 0 Å². The summed E-state index contributed by atoms with van der Waals surface area (Å²) in [4.78, 5) is 19.1. The van der Waals surface area contributed by atoms with E-state index in [9.17, 15) is 4.79 Å². The lowest BCUT2D eigenvalue weighted by atomic mass is 10.2. The molecule has 0 atom stereocenters. The number of anilines is 1. The van der Waals surface area contributed by atoms with Gasteiger partial charge < -0.3 is 16.0 Å². The second-order valence-corrected chi connectivity index (χ2v) is 7.86. The number of hydrogen-bond donors (Lipinski definition) is 3. The third-order valence-electron chi connectivity index (χ3n) is 4.01. The second kappa shape index (κ2) is 10.7. The van der Waals surface area contributed by atoms with E-state index in [1.165, 1.54) is 9.75 Å². The predicted octanol–water partition coefficient (Wildman–Crippen LogP) is 4.16. The van der Waals surface area contributed by atoms with E-state index in [1.54, 1.807) is 0 Å². The molecular formula is C21H30N4OS. The van der Waals surface area contributed by atoms with Crippen molar-refractivity contribution >= 4 is 28.9 Å². The van der Waals surface area contributed by atoms with Crippen LogP contribution in [-0.4, -0.2) is 18.4 Å². The predicted molar refractivity (Wildman–Crippen MR) is 115 cm³/mol. The lowest BCUT2D eigenvalue weighted by Crippen LogP contribution is -2.36. The van der Waals surface area contributed by atoms with Crippen molar-refractivity contribution < 1.29 is 4.79 Å². The molecule has 0 fully saturated rings. The molecule has 0 unspecified atom stereocenters. The smallest absolute Gasteiger partial charge is 0.226 e. The first kappa shape index (κ1) is 21.0. The topological polar surface area (TPSA) is 65.5 Å². The summed E-state index contributed by atoms with van der Waals surface area (Å²) in [5.74, 6) is 0.806. The minimum atomic E-state index is -0.0280. The summed E-state index contributed by atoms with van der Waals surface area (Å²) >= 11 is 1.84. The molecule has 0 saturated heterocycles. The molecule has 0 spiro atoms. The van der Waals surface area contributed by atoms with Crippen molar-refractivity contribution in [3.63, 3.8) is 0 Å². The quantitative estimate of drug-likeness (QED) is 0.471. The van der Waals surface area contributed by atoms with Crippen LogP contribution in [-0.2, 0) is 24.3 Å². The van der Waals surface area contributed by atoms with E-state index >= 15 is 0 Å².